The Hall–Kier alpha value is -1.48. The van der Waals surface area contributed by atoms with Crippen LogP contribution in [0, 0.1) is 0 Å². The number of rotatable bonds is 4. The molecule has 1 aromatic carbocycles. The summed E-state index contributed by atoms with van der Waals surface area (Å²) in [4.78, 5) is 17.0. The summed E-state index contributed by atoms with van der Waals surface area (Å²) < 4.78 is 22.8. The molecule has 2 rings (SSSR count). The summed E-state index contributed by atoms with van der Waals surface area (Å²) in [5.41, 5.74) is 0.134. The van der Waals surface area contributed by atoms with Gasteiger partial charge in [-0.05, 0) is 24.1 Å². The quantitative estimate of drug-likeness (QED) is 0.876. The molecule has 0 saturated heterocycles. The molecule has 1 amide bonds. The van der Waals surface area contributed by atoms with Crippen molar-refractivity contribution in [2.45, 2.75) is 24.7 Å². The largest absolute Gasteiger partial charge is 0.298 e. The van der Waals surface area contributed by atoms with Crippen LogP contribution in [0.25, 0.3) is 0 Å². The number of nitrogens with one attached hydrogen (secondary N) is 1. The van der Waals surface area contributed by atoms with E-state index < -0.39 is 15.9 Å². The molecule has 1 aromatic heterocycles. The predicted octanol–water partition coefficient (Wildman–Crippen LogP) is 2.82. The van der Waals surface area contributed by atoms with E-state index >= 15 is 0 Å². The maximum absolute atomic E-state index is 12.2. The monoisotopic (exact) mass is 359 g/mol. The highest BCUT2D eigenvalue weighted by Gasteiger charge is 2.17. The van der Waals surface area contributed by atoms with Gasteiger partial charge in [0.05, 0.1) is 5.02 Å². The first-order chi connectivity index (χ1) is 10.2. The van der Waals surface area contributed by atoms with E-state index in [2.05, 4.69) is 10.3 Å². The van der Waals surface area contributed by atoms with Crippen LogP contribution in [0.5, 0.6) is 0 Å². The van der Waals surface area contributed by atoms with Crippen molar-refractivity contribution in [2.24, 2.45) is 5.14 Å². The molecule has 118 valence electrons. The second-order valence-corrected chi connectivity index (χ2v) is 7.87. The number of thiazole rings is 1. The van der Waals surface area contributed by atoms with Crippen LogP contribution in [0.4, 0.5) is 5.13 Å². The van der Waals surface area contributed by atoms with Crippen LogP contribution in [-0.4, -0.2) is 19.3 Å². The Morgan fingerprint density at radius 3 is 2.64 bits per heavy atom. The zero-order valence-electron chi connectivity index (χ0n) is 11.8. The lowest BCUT2D eigenvalue weighted by Crippen LogP contribution is -2.16. The Morgan fingerprint density at radius 1 is 1.41 bits per heavy atom. The van der Waals surface area contributed by atoms with Gasteiger partial charge in [-0.15, -0.1) is 11.3 Å². The van der Waals surface area contributed by atoms with Gasteiger partial charge < -0.3 is 0 Å². The molecule has 0 aliphatic carbocycles. The molecule has 3 N–H and O–H groups in total. The van der Waals surface area contributed by atoms with Gasteiger partial charge >= 0.3 is 0 Å². The SMILES string of the molecule is CC(C)c1cnc(NC(=O)c2ccc(Cl)c(S(N)(=O)=O)c2)s1. The van der Waals surface area contributed by atoms with Crippen molar-refractivity contribution in [1.29, 1.82) is 0 Å². The third-order valence-electron chi connectivity index (χ3n) is 2.81. The minimum Gasteiger partial charge on any atom is -0.298 e. The van der Waals surface area contributed by atoms with Gasteiger partial charge in [0.2, 0.25) is 10.0 Å². The van der Waals surface area contributed by atoms with E-state index in [1.807, 2.05) is 13.8 Å². The normalized spacial score (nSPS) is 11.7. The van der Waals surface area contributed by atoms with Crippen LogP contribution in [0.3, 0.4) is 0 Å². The first kappa shape index (κ1) is 16.9. The van der Waals surface area contributed by atoms with Crippen LogP contribution < -0.4 is 10.5 Å². The highest BCUT2D eigenvalue weighted by atomic mass is 35.5. The molecular weight excluding hydrogens is 346 g/mol. The lowest BCUT2D eigenvalue weighted by molar-refractivity contribution is 0.102. The molecule has 0 aliphatic rings. The summed E-state index contributed by atoms with van der Waals surface area (Å²) in [6.07, 6.45) is 1.70. The Morgan fingerprint density at radius 2 is 2.09 bits per heavy atom. The number of hydrogen-bond acceptors (Lipinski definition) is 5. The van der Waals surface area contributed by atoms with Crippen molar-refractivity contribution in [2.75, 3.05) is 5.32 Å². The van der Waals surface area contributed by atoms with Crippen molar-refractivity contribution in [3.63, 3.8) is 0 Å². The lowest BCUT2D eigenvalue weighted by Gasteiger charge is -2.06. The zero-order valence-corrected chi connectivity index (χ0v) is 14.2. The van der Waals surface area contributed by atoms with Gasteiger partial charge in [0.1, 0.15) is 4.90 Å². The summed E-state index contributed by atoms with van der Waals surface area (Å²) in [7, 11) is -3.99. The summed E-state index contributed by atoms with van der Waals surface area (Å²) in [5.74, 6) is -0.168. The Labute approximate surface area is 137 Å². The second kappa shape index (κ2) is 6.33. The number of benzene rings is 1. The van der Waals surface area contributed by atoms with Crippen LogP contribution in [0.15, 0.2) is 29.3 Å². The highest BCUT2D eigenvalue weighted by Crippen LogP contribution is 2.26. The fourth-order valence-corrected chi connectivity index (χ4v) is 3.53. The number of aromatic nitrogens is 1. The van der Waals surface area contributed by atoms with E-state index in [1.54, 1.807) is 6.20 Å². The molecule has 1 heterocycles. The van der Waals surface area contributed by atoms with Crippen LogP contribution in [0.2, 0.25) is 5.02 Å². The van der Waals surface area contributed by atoms with Gasteiger partial charge in [-0.1, -0.05) is 25.4 Å². The minimum absolute atomic E-state index is 0.0320. The Kier molecular flexibility index (Phi) is 4.86. The summed E-state index contributed by atoms with van der Waals surface area (Å²) >= 11 is 7.15. The smallest absolute Gasteiger partial charge is 0.257 e. The van der Waals surface area contributed by atoms with E-state index in [0.717, 1.165) is 10.9 Å². The minimum atomic E-state index is -3.99. The van der Waals surface area contributed by atoms with E-state index in [0.29, 0.717) is 11.0 Å². The van der Waals surface area contributed by atoms with E-state index in [9.17, 15) is 13.2 Å². The lowest BCUT2D eigenvalue weighted by atomic mass is 10.2. The fraction of sp³-hybridized carbons (Fsp3) is 0.231. The molecule has 0 spiro atoms. The van der Waals surface area contributed by atoms with Gasteiger partial charge in [-0.2, -0.15) is 0 Å². The molecule has 0 saturated carbocycles. The number of sulfonamides is 1. The molecule has 22 heavy (non-hydrogen) atoms. The average molecular weight is 360 g/mol. The molecule has 0 bridgehead atoms. The average Bonchev–Trinajstić information content (AvgIpc) is 2.86. The van der Waals surface area contributed by atoms with Gasteiger partial charge in [-0.3, -0.25) is 10.1 Å². The number of nitrogens with zero attached hydrogens (tertiary/aromatic N) is 1. The second-order valence-electron chi connectivity index (χ2n) is 4.87. The van der Waals surface area contributed by atoms with Crippen LogP contribution >= 0.6 is 22.9 Å². The van der Waals surface area contributed by atoms with Gasteiger partial charge in [0.25, 0.3) is 5.91 Å². The first-order valence-electron chi connectivity index (χ1n) is 6.28. The van der Waals surface area contributed by atoms with Crippen molar-refractivity contribution < 1.29 is 13.2 Å². The zero-order chi connectivity index (χ0) is 16.5. The Bertz CT molecular complexity index is 816. The Balaban J connectivity index is 2.26. The third-order valence-corrected chi connectivity index (χ3v) is 5.42. The first-order valence-corrected chi connectivity index (χ1v) is 9.02. The van der Waals surface area contributed by atoms with Gasteiger partial charge in [0.15, 0.2) is 5.13 Å². The van der Waals surface area contributed by atoms with E-state index in [-0.39, 0.29) is 15.5 Å². The fourth-order valence-electron chi connectivity index (χ4n) is 1.64. The van der Waals surface area contributed by atoms with Gasteiger partial charge in [0, 0.05) is 16.6 Å². The third kappa shape index (κ3) is 3.83. The number of carbonyl (C=O) groups excluding carboxylic acids is 1. The van der Waals surface area contributed by atoms with Gasteiger partial charge in [-0.25, -0.2) is 18.5 Å². The van der Waals surface area contributed by atoms with Crippen LogP contribution in [0.1, 0.15) is 35.0 Å². The molecular formula is C13H14ClN3O3S2. The standard InChI is InChI=1S/C13H14ClN3O3S2/c1-7(2)10-6-16-13(21-10)17-12(18)8-3-4-9(14)11(5-8)22(15,19)20/h3-7H,1-2H3,(H2,15,19,20)(H,16,17,18). The van der Waals surface area contributed by atoms with Crippen molar-refractivity contribution >= 4 is 44.0 Å². The summed E-state index contributed by atoms with van der Waals surface area (Å²) in [6, 6.07) is 3.88. The maximum atomic E-state index is 12.2. The number of hydrogen-bond donors (Lipinski definition) is 2. The molecule has 9 heteroatoms. The predicted molar refractivity (Wildman–Crippen MR) is 87.0 cm³/mol. The van der Waals surface area contributed by atoms with E-state index in [1.165, 1.54) is 23.5 Å². The number of halogens is 1. The number of carbonyl (C=O) groups is 1. The summed E-state index contributed by atoms with van der Waals surface area (Å²) in [5, 5.41) is 8.10. The topological polar surface area (TPSA) is 102 Å². The molecule has 6 nitrogen and oxygen atoms in total. The van der Waals surface area contributed by atoms with Crippen molar-refractivity contribution in [3.05, 3.63) is 39.9 Å². The molecule has 0 fully saturated rings. The number of amides is 1. The molecule has 2 aromatic rings. The molecule has 0 aliphatic heterocycles. The highest BCUT2D eigenvalue weighted by molar-refractivity contribution is 7.89. The molecule has 0 radical (unpaired) electrons. The number of nitrogens with two attached hydrogens (primary N) is 1. The van der Waals surface area contributed by atoms with Crippen molar-refractivity contribution in [3.8, 4) is 0 Å². The molecule has 0 unspecified atom stereocenters. The number of anilines is 1. The summed E-state index contributed by atoms with van der Waals surface area (Å²) in [6.45, 7) is 4.05. The van der Waals surface area contributed by atoms with E-state index in [4.69, 9.17) is 16.7 Å². The maximum Gasteiger partial charge on any atom is 0.257 e. The van der Waals surface area contributed by atoms with Crippen molar-refractivity contribution in [1.82, 2.24) is 4.98 Å². The number of primary sulfonamides is 1. The van der Waals surface area contributed by atoms with Crippen LogP contribution in [-0.2, 0) is 10.0 Å². The molecule has 0 atom stereocenters.